The maximum Gasteiger partial charge on any atom is 0.253 e. The first-order valence-electron chi connectivity index (χ1n) is 6.27. The molecule has 0 bridgehead atoms. The maximum absolute atomic E-state index is 11.8. The summed E-state index contributed by atoms with van der Waals surface area (Å²) in [6, 6.07) is 1.55. The lowest BCUT2D eigenvalue weighted by molar-refractivity contribution is -0.120. The summed E-state index contributed by atoms with van der Waals surface area (Å²) in [5.41, 5.74) is 0.847. The minimum atomic E-state index is -0.392. The average Bonchev–Trinajstić information content (AvgIpc) is 2.48. The van der Waals surface area contributed by atoms with Crippen LogP contribution in [0.1, 0.15) is 29.3 Å². The predicted molar refractivity (Wildman–Crippen MR) is 73.8 cm³/mol. The van der Waals surface area contributed by atoms with E-state index in [-0.39, 0.29) is 19.1 Å². The van der Waals surface area contributed by atoms with E-state index >= 15 is 0 Å². The molecule has 0 radical (unpaired) electrons. The molecule has 0 fully saturated rings. The van der Waals surface area contributed by atoms with Crippen molar-refractivity contribution < 1.29 is 14.7 Å². The number of aliphatic hydroxyl groups excluding tert-OH is 1. The summed E-state index contributed by atoms with van der Waals surface area (Å²) < 4.78 is 0. The highest BCUT2D eigenvalue weighted by atomic mass is 16.2. The monoisotopic (exact) mass is 275 g/mol. The van der Waals surface area contributed by atoms with E-state index in [2.05, 4.69) is 27.5 Å². The summed E-state index contributed by atoms with van der Waals surface area (Å²) in [5, 5.41) is 13.8. The molecule has 0 aliphatic heterocycles. The topological polar surface area (TPSA) is 91.3 Å². The molecule has 0 saturated carbocycles. The van der Waals surface area contributed by atoms with Crippen LogP contribution in [0.15, 0.2) is 18.5 Å². The van der Waals surface area contributed by atoms with Crippen molar-refractivity contribution >= 4 is 11.8 Å². The van der Waals surface area contributed by atoms with Gasteiger partial charge in [-0.3, -0.25) is 14.6 Å². The summed E-state index contributed by atoms with van der Waals surface area (Å²) in [4.78, 5) is 27.1. The zero-order chi connectivity index (χ0) is 14.8. The first-order valence-corrected chi connectivity index (χ1v) is 6.27. The van der Waals surface area contributed by atoms with Gasteiger partial charge in [-0.15, -0.1) is 0 Å². The third-order valence-electron chi connectivity index (χ3n) is 2.29. The number of nitrogens with one attached hydrogen (secondary N) is 2. The van der Waals surface area contributed by atoms with E-state index in [1.54, 1.807) is 6.07 Å². The van der Waals surface area contributed by atoms with Crippen molar-refractivity contribution in [2.45, 2.75) is 13.3 Å². The van der Waals surface area contributed by atoms with Gasteiger partial charge in [0.05, 0.1) is 12.1 Å². The highest BCUT2D eigenvalue weighted by Crippen LogP contribution is 2.01. The summed E-state index contributed by atoms with van der Waals surface area (Å²) in [6.45, 7) is 2.20. The van der Waals surface area contributed by atoms with Crippen LogP contribution in [0.2, 0.25) is 0 Å². The molecular weight excluding hydrogens is 258 g/mol. The van der Waals surface area contributed by atoms with Gasteiger partial charge in [-0.2, -0.15) is 0 Å². The molecule has 0 aromatic carbocycles. The molecule has 1 aromatic heterocycles. The number of carbonyl (C=O) groups excluding carboxylic acids is 2. The Kier molecular flexibility index (Phi) is 6.79. The quantitative estimate of drug-likeness (QED) is 0.642. The Morgan fingerprint density at radius 3 is 2.85 bits per heavy atom. The highest BCUT2D eigenvalue weighted by Gasteiger charge is 2.08. The van der Waals surface area contributed by atoms with Crippen LogP contribution >= 0.6 is 0 Å². The lowest BCUT2D eigenvalue weighted by Crippen LogP contribution is -2.37. The number of hydrogen-bond acceptors (Lipinski definition) is 4. The molecule has 20 heavy (non-hydrogen) atoms. The highest BCUT2D eigenvalue weighted by molar-refractivity contribution is 5.96. The molecule has 0 aliphatic carbocycles. The maximum atomic E-state index is 11.8. The Hall–Kier alpha value is -2.39. The number of pyridine rings is 1. The third kappa shape index (κ3) is 5.50. The Balaban J connectivity index is 2.57. The van der Waals surface area contributed by atoms with Crippen molar-refractivity contribution in [2.75, 3.05) is 19.7 Å². The molecule has 0 atom stereocenters. The second-order valence-corrected chi connectivity index (χ2v) is 3.95. The molecule has 6 nitrogen and oxygen atoms in total. The number of nitrogens with zero attached hydrogens (tertiary/aromatic N) is 1. The van der Waals surface area contributed by atoms with Crippen molar-refractivity contribution in [1.29, 1.82) is 0 Å². The van der Waals surface area contributed by atoms with E-state index in [1.165, 1.54) is 12.4 Å². The molecular formula is C14H17N3O3. The van der Waals surface area contributed by atoms with Crippen molar-refractivity contribution in [3.8, 4) is 11.8 Å². The fraction of sp³-hybridized carbons (Fsp3) is 0.357. The SMILES string of the molecule is CCCNC(=O)CNC(=O)c1cncc(C#CCO)c1. The molecule has 106 valence electrons. The Morgan fingerprint density at radius 1 is 1.35 bits per heavy atom. The smallest absolute Gasteiger partial charge is 0.253 e. The molecule has 0 saturated heterocycles. The standard InChI is InChI=1S/C14H17N3O3/c1-2-5-16-13(19)10-17-14(20)12-7-11(4-3-6-18)8-15-9-12/h7-9,18H,2,5-6,10H2,1H3,(H,16,19)(H,17,20). The van der Waals surface area contributed by atoms with Crippen molar-refractivity contribution in [1.82, 2.24) is 15.6 Å². The van der Waals surface area contributed by atoms with Crippen LogP contribution in [0.4, 0.5) is 0 Å². The molecule has 6 heteroatoms. The Bertz CT molecular complexity index is 532. The van der Waals surface area contributed by atoms with Crippen molar-refractivity contribution in [3.63, 3.8) is 0 Å². The molecule has 1 heterocycles. The van der Waals surface area contributed by atoms with Gasteiger partial charge in [0.15, 0.2) is 0 Å². The third-order valence-corrected chi connectivity index (χ3v) is 2.29. The molecule has 0 spiro atoms. The van der Waals surface area contributed by atoms with Gasteiger partial charge < -0.3 is 15.7 Å². The summed E-state index contributed by atoms with van der Waals surface area (Å²) >= 11 is 0. The fourth-order valence-corrected chi connectivity index (χ4v) is 1.36. The molecule has 0 unspecified atom stereocenters. The van der Waals surface area contributed by atoms with Crippen LogP contribution in [0.25, 0.3) is 0 Å². The Labute approximate surface area is 117 Å². The Morgan fingerprint density at radius 2 is 2.15 bits per heavy atom. The van der Waals surface area contributed by atoms with E-state index in [0.717, 1.165) is 6.42 Å². The lowest BCUT2D eigenvalue weighted by Gasteiger charge is -2.06. The number of aliphatic hydroxyl groups is 1. The van der Waals surface area contributed by atoms with Gasteiger partial charge >= 0.3 is 0 Å². The van der Waals surface area contributed by atoms with Crippen LogP contribution in [0, 0.1) is 11.8 Å². The van der Waals surface area contributed by atoms with Gasteiger partial charge in [-0.1, -0.05) is 18.8 Å². The van der Waals surface area contributed by atoms with Gasteiger partial charge in [0.25, 0.3) is 5.91 Å². The van der Waals surface area contributed by atoms with Crippen molar-refractivity contribution in [2.24, 2.45) is 0 Å². The zero-order valence-corrected chi connectivity index (χ0v) is 11.3. The minimum absolute atomic E-state index is 0.0780. The fourth-order valence-electron chi connectivity index (χ4n) is 1.36. The van der Waals surface area contributed by atoms with Gasteiger partial charge in [-0.25, -0.2) is 0 Å². The number of carbonyl (C=O) groups is 2. The van der Waals surface area contributed by atoms with Gasteiger partial charge in [0, 0.05) is 24.5 Å². The van der Waals surface area contributed by atoms with Gasteiger partial charge in [-0.05, 0) is 12.5 Å². The van der Waals surface area contributed by atoms with E-state index in [4.69, 9.17) is 5.11 Å². The largest absolute Gasteiger partial charge is 0.384 e. The first-order chi connectivity index (χ1) is 9.67. The normalized spacial score (nSPS) is 9.30. The van der Waals surface area contributed by atoms with Crippen molar-refractivity contribution in [3.05, 3.63) is 29.6 Å². The molecule has 0 aliphatic rings. The number of hydrogen-bond donors (Lipinski definition) is 3. The van der Waals surface area contributed by atoms with Crippen LogP contribution in [-0.4, -0.2) is 41.6 Å². The number of rotatable bonds is 5. The average molecular weight is 275 g/mol. The van der Waals surface area contributed by atoms with Crippen LogP contribution in [0.3, 0.4) is 0 Å². The molecule has 1 aromatic rings. The number of amides is 2. The van der Waals surface area contributed by atoms with Gasteiger partial charge in [0.1, 0.15) is 6.61 Å². The second kappa shape index (κ2) is 8.67. The summed E-state index contributed by atoms with van der Waals surface area (Å²) in [6.07, 6.45) is 3.73. The van der Waals surface area contributed by atoms with E-state index in [0.29, 0.717) is 17.7 Å². The van der Waals surface area contributed by atoms with Gasteiger partial charge in [0.2, 0.25) is 5.91 Å². The second-order valence-electron chi connectivity index (χ2n) is 3.95. The molecule has 2 amide bonds. The zero-order valence-electron chi connectivity index (χ0n) is 11.3. The minimum Gasteiger partial charge on any atom is -0.384 e. The van der Waals surface area contributed by atoms with E-state index < -0.39 is 5.91 Å². The van der Waals surface area contributed by atoms with E-state index in [9.17, 15) is 9.59 Å². The van der Waals surface area contributed by atoms with Crippen LogP contribution in [0.5, 0.6) is 0 Å². The molecule has 1 rings (SSSR count). The summed E-state index contributed by atoms with van der Waals surface area (Å²) in [7, 11) is 0. The van der Waals surface area contributed by atoms with E-state index in [1.807, 2.05) is 6.92 Å². The van der Waals surface area contributed by atoms with Crippen LogP contribution < -0.4 is 10.6 Å². The lowest BCUT2D eigenvalue weighted by atomic mass is 10.2. The predicted octanol–water partition coefficient (Wildman–Crippen LogP) is -0.319. The number of aromatic nitrogens is 1. The summed E-state index contributed by atoms with van der Waals surface area (Å²) in [5.74, 6) is 4.51. The molecule has 3 N–H and O–H groups in total. The van der Waals surface area contributed by atoms with Crippen LogP contribution in [-0.2, 0) is 4.79 Å². The first kappa shape index (κ1) is 15.7.